The van der Waals surface area contributed by atoms with E-state index >= 15 is 0 Å². The summed E-state index contributed by atoms with van der Waals surface area (Å²) < 4.78 is 20.6. The summed E-state index contributed by atoms with van der Waals surface area (Å²) in [5.41, 5.74) is 0.171. The second-order valence-corrected chi connectivity index (χ2v) is 13.0. The highest BCUT2D eigenvalue weighted by molar-refractivity contribution is 6.74. The number of halogens is 1. The first-order chi connectivity index (χ1) is 11.4. The molecule has 0 heterocycles. The number of rotatable bonds is 4. The first-order valence-electron chi connectivity index (χ1n) is 8.57. The molecule has 0 bridgehead atoms. The van der Waals surface area contributed by atoms with Gasteiger partial charge < -0.3 is 4.43 Å². The molecule has 1 saturated carbocycles. The Morgan fingerprint density at radius 3 is 2.48 bits per heavy atom. The van der Waals surface area contributed by atoms with E-state index in [0.717, 1.165) is 6.07 Å². The number of non-ortho nitro benzene ring substituents is 1. The van der Waals surface area contributed by atoms with Crippen molar-refractivity contribution in [2.45, 2.75) is 70.2 Å². The molecule has 0 N–H and O–H groups in total. The van der Waals surface area contributed by atoms with Crippen molar-refractivity contribution in [2.24, 2.45) is 0 Å². The lowest BCUT2D eigenvalue weighted by Gasteiger charge is -2.41. The van der Waals surface area contributed by atoms with Gasteiger partial charge in [-0.15, -0.1) is 0 Å². The summed E-state index contributed by atoms with van der Waals surface area (Å²) in [6, 6.07) is 3.74. The van der Waals surface area contributed by atoms with E-state index in [2.05, 4.69) is 33.9 Å². The molecule has 1 aliphatic rings. The van der Waals surface area contributed by atoms with Gasteiger partial charge in [-0.3, -0.25) is 14.9 Å². The van der Waals surface area contributed by atoms with Crippen molar-refractivity contribution in [1.29, 1.82) is 0 Å². The number of nitrogens with zero attached hydrogens (tertiary/aromatic N) is 1. The molecule has 1 aromatic rings. The summed E-state index contributed by atoms with van der Waals surface area (Å²) in [6.07, 6.45) is 0.806. The fraction of sp³-hybridized carbons (Fsp3) is 0.611. The van der Waals surface area contributed by atoms with Gasteiger partial charge in [0.2, 0.25) is 0 Å². The summed E-state index contributed by atoms with van der Waals surface area (Å²) in [7, 11) is -2.11. The van der Waals surface area contributed by atoms with Crippen LogP contribution in [0.1, 0.15) is 51.5 Å². The van der Waals surface area contributed by atoms with Gasteiger partial charge in [-0.25, -0.2) is 4.39 Å². The lowest BCUT2D eigenvalue weighted by Crippen LogP contribution is -2.47. The molecule has 138 valence electrons. The zero-order valence-electron chi connectivity index (χ0n) is 15.5. The number of ketones is 1. The molecule has 0 aliphatic heterocycles. The molecule has 1 aromatic carbocycles. The molecule has 0 aromatic heterocycles. The molecule has 5 nitrogen and oxygen atoms in total. The third-order valence-electron chi connectivity index (χ3n) is 5.47. The monoisotopic (exact) mass is 367 g/mol. The largest absolute Gasteiger partial charge is 0.407 e. The molecule has 2 unspecified atom stereocenters. The highest BCUT2D eigenvalue weighted by Crippen LogP contribution is 2.41. The van der Waals surface area contributed by atoms with Crippen LogP contribution in [0, 0.1) is 15.9 Å². The van der Waals surface area contributed by atoms with Crippen molar-refractivity contribution in [1.82, 2.24) is 0 Å². The van der Waals surface area contributed by atoms with Gasteiger partial charge in [-0.2, -0.15) is 0 Å². The minimum atomic E-state index is -2.11. The quantitative estimate of drug-likeness (QED) is 0.428. The van der Waals surface area contributed by atoms with Gasteiger partial charge in [-0.05, 0) is 48.5 Å². The van der Waals surface area contributed by atoms with Crippen LogP contribution in [0.2, 0.25) is 18.1 Å². The number of carbonyl (C=O) groups is 1. The smallest absolute Gasteiger partial charge is 0.272 e. The predicted octanol–water partition coefficient (Wildman–Crippen LogP) is 4.96. The number of Topliss-reactive ketones (excluding diaryl/α,β-unsaturated/α-hetero) is 1. The Morgan fingerprint density at radius 1 is 1.32 bits per heavy atom. The Hall–Kier alpha value is -1.60. The molecule has 2 rings (SSSR count). The maximum Gasteiger partial charge on any atom is 0.272 e. The van der Waals surface area contributed by atoms with Crippen LogP contribution < -0.4 is 0 Å². The molecular weight excluding hydrogens is 341 g/mol. The number of hydrogen-bond donors (Lipinski definition) is 0. The van der Waals surface area contributed by atoms with Crippen molar-refractivity contribution in [3.05, 3.63) is 39.7 Å². The highest BCUT2D eigenvalue weighted by Gasteiger charge is 2.42. The molecular formula is C18H26FNO4Si. The Balaban J connectivity index is 2.20. The molecule has 0 radical (unpaired) electrons. The lowest BCUT2D eigenvalue weighted by molar-refractivity contribution is -0.385. The van der Waals surface area contributed by atoms with E-state index in [9.17, 15) is 19.3 Å². The topological polar surface area (TPSA) is 69.4 Å². The van der Waals surface area contributed by atoms with Gasteiger partial charge in [0, 0.05) is 12.5 Å². The van der Waals surface area contributed by atoms with Crippen LogP contribution in [0.5, 0.6) is 0 Å². The Bertz CT molecular complexity index is 684. The predicted molar refractivity (Wildman–Crippen MR) is 96.7 cm³/mol. The summed E-state index contributed by atoms with van der Waals surface area (Å²) >= 11 is 0. The van der Waals surface area contributed by atoms with Crippen LogP contribution in [-0.2, 0) is 9.22 Å². The van der Waals surface area contributed by atoms with E-state index in [-0.39, 0.29) is 22.4 Å². The molecule has 25 heavy (non-hydrogen) atoms. The fourth-order valence-corrected chi connectivity index (χ4v) is 4.17. The number of nitro benzene ring substituents is 1. The molecule has 7 heteroatoms. The lowest BCUT2D eigenvalue weighted by atomic mass is 9.81. The summed E-state index contributed by atoms with van der Waals surface area (Å²) in [5.74, 6) is -0.670. The third-order valence-corrected chi connectivity index (χ3v) is 9.96. The summed E-state index contributed by atoms with van der Waals surface area (Å²) in [6.45, 7) is 10.5. The second kappa shape index (κ2) is 6.95. The summed E-state index contributed by atoms with van der Waals surface area (Å²) in [5, 5.41) is 10.8. The number of benzene rings is 1. The summed E-state index contributed by atoms with van der Waals surface area (Å²) in [4.78, 5) is 22.5. The number of hydrogen-bond acceptors (Lipinski definition) is 4. The van der Waals surface area contributed by atoms with E-state index in [0.29, 0.717) is 24.8 Å². The van der Waals surface area contributed by atoms with Crippen LogP contribution >= 0.6 is 0 Å². The van der Waals surface area contributed by atoms with Crippen molar-refractivity contribution in [2.75, 3.05) is 0 Å². The number of nitro groups is 1. The second-order valence-electron chi connectivity index (χ2n) is 8.27. The SMILES string of the molecule is CC(C)(C)[Si](C)(C)OC1CC(c2ccc([N+](=O)[O-])cc2F)CCC1=O. The maximum atomic E-state index is 14.3. The molecule has 1 aliphatic carbocycles. The van der Waals surface area contributed by atoms with Crippen molar-refractivity contribution < 1.29 is 18.5 Å². The molecule has 0 spiro atoms. The van der Waals surface area contributed by atoms with Gasteiger partial charge in [0.15, 0.2) is 14.1 Å². The van der Waals surface area contributed by atoms with Gasteiger partial charge in [0.05, 0.1) is 11.0 Å². The van der Waals surface area contributed by atoms with E-state index in [1.165, 1.54) is 12.1 Å². The van der Waals surface area contributed by atoms with Crippen LogP contribution in [0.15, 0.2) is 18.2 Å². The average Bonchev–Trinajstić information content (AvgIpc) is 2.48. The van der Waals surface area contributed by atoms with Gasteiger partial charge in [-0.1, -0.05) is 20.8 Å². The number of carbonyl (C=O) groups excluding carboxylic acids is 1. The molecule has 0 amide bonds. The zero-order chi connectivity index (χ0) is 19.0. The van der Waals surface area contributed by atoms with Gasteiger partial charge in [0.25, 0.3) is 5.69 Å². The van der Waals surface area contributed by atoms with Crippen LogP contribution in [0.25, 0.3) is 0 Å². The fourth-order valence-electron chi connectivity index (χ4n) is 2.87. The molecule has 0 saturated heterocycles. The Kier molecular flexibility index (Phi) is 5.49. The standard InChI is InChI=1S/C18H26FNO4Si/c1-18(2,3)25(4,5)24-17-10-12(6-9-16(17)21)14-8-7-13(20(22)23)11-15(14)19/h7-8,11-12,17H,6,9-10H2,1-5H3. The van der Waals surface area contributed by atoms with E-state index < -0.39 is 25.2 Å². The van der Waals surface area contributed by atoms with Crippen molar-refractivity contribution in [3.8, 4) is 0 Å². The minimum absolute atomic E-state index is 0.0150. The van der Waals surface area contributed by atoms with Crippen molar-refractivity contribution in [3.63, 3.8) is 0 Å². The van der Waals surface area contributed by atoms with E-state index in [1.54, 1.807) is 0 Å². The van der Waals surface area contributed by atoms with E-state index in [1.807, 2.05) is 0 Å². The maximum absolute atomic E-state index is 14.3. The normalized spacial score (nSPS) is 22.1. The average molecular weight is 367 g/mol. The van der Waals surface area contributed by atoms with Crippen LogP contribution in [0.4, 0.5) is 10.1 Å². The van der Waals surface area contributed by atoms with Crippen molar-refractivity contribution >= 4 is 19.8 Å². The third kappa shape index (κ3) is 4.33. The Labute approximate surface area is 148 Å². The van der Waals surface area contributed by atoms with E-state index in [4.69, 9.17) is 4.43 Å². The molecule has 2 atom stereocenters. The first-order valence-corrected chi connectivity index (χ1v) is 11.5. The Morgan fingerprint density at radius 2 is 1.96 bits per heavy atom. The van der Waals surface area contributed by atoms with Crippen LogP contribution in [-0.4, -0.2) is 25.1 Å². The zero-order valence-corrected chi connectivity index (χ0v) is 16.5. The minimum Gasteiger partial charge on any atom is -0.407 e. The molecule has 1 fully saturated rings. The highest BCUT2D eigenvalue weighted by atomic mass is 28.4. The van der Waals surface area contributed by atoms with Gasteiger partial charge >= 0.3 is 0 Å². The van der Waals surface area contributed by atoms with Crippen LogP contribution in [0.3, 0.4) is 0 Å². The van der Waals surface area contributed by atoms with Gasteiger partial charge in [0.1, 0.15) is 11.9 Å². The first kappa shape index (κ1) is 19.7.